The molecule has 0 amide bonds. The average Bonchev–Trinajstić information content (AvgIpc) is 2.06. The Bertz CT molecular complexity index is 266. The highest BCUT2D eigenvalue weighted by molar-refractivity contribution is 5.89. The minimum absolute atomic E-state index is 0.336. The Morgan fingerprint density at radius 2 is 2.27 bits per heavy atom. The number of hydrogen-bond donors (Lipinski definition) is 0. The van der Waals surface area contributed by atoms with Crippen LogP contribution in [0.25, 0.3) is 0 Å². The molecule has 0 aliphatic rings. The van der Waals surface area contributed by atoms with Gasteiger partial charge in [-0.1, -0.05) is 18.2 Å². The summed E-state index contributed by atoms with van der Waals surface area (Å²) in [5.74, 6) is -0.336. The lowest BCUT2D eigenvalue weighted by molar-refractivity contribution is 0.0526. The normalized spacial score (nSPS) is 10.5. The molecule has 0 aliphatic heterocycles. The van der Waals surface area contributed by atoms with Gasteiger partial charge in [0.25, 0.3) is 0 Å². The standard InChI is InChI=1S/C9H10O2/c1-2-11-9(10)8-6-4-3-5-7-8/h3-7H,2H2,1H3/i3D. The molecule has 0 saturated heterocycles. The zero-order chi connectivity index (χ0) is 8.97. The SMILES string of the molecule is [2H]c1ccc(C(=O)OCC)cc1. The third-order valence-corrected chi connectivity index (χ3v) is 1.23. The van der Waals surface area contributed by atoms with Crippen LogP contribution in [0.4, 0.5) is 0 Å². The highest BCUT2D eigenvalue weighted by Gasteiger charge is 2.02. The van der Waals surface area contributed by atoms with E-state index in [-0.39, 0.29) is 5.97 Å². The summed E-state index contributed by atoms with van der Waals surface area (Å²) in [4.78, 5) is 11.1. The van der Waals surface area contributed by atoms with Crippen molar-refractivity contribution in [1.82, 2.24) is 0 Å². The minimum Gasteiger partial charge on any atom is -0.462 e. The molecular weight excluding hydrogens is 140 g/mol. The lowest BCUT2D eigenvalue weighted by atomic mass is 10.2. The summed E-state index contributed by atoms with van der Waals surface area (Å²) in [6.45, 7) is 2.14. The number of rotatable bonds is 2. The van der Waals surface area contributed by atoms with E-state index in [4.69, 9.17) is 6.11 Å². The van der Waals surface area contributed by atoms with Crippen molar-refractivity contribution in [3.8, 4) is 0 Å². The number of ether oxygens (including phenoxy) is 1. The van der Waals surface area contributed by atoms with Gasteiger partial charge in [-0.05, 0) is 19.1 Å². The van der Waals surface area contributed by atoms with Gasteiger partial charge in [0.1, 0.15) is 0 Å². The molecule has 0 fully saturated rings. The Kier molecular flexibility index (Phi) is 2.19. The van der Waals surface area contributed by atoms with Crippen LogP contribution in [-0.2, 0) is 4.74 Å². The van der Waals surface area contributed by atoms with E-state index in [9.17, 15) is 4.79 Å². The summed E-state index contributed by atoms with van der Waals surface area (Å²) >= 11 is 0. The fourth-order valence-electron chi connectivity index (χ4n) is 0.737. The lowest BCUT2D eigenvalue weighted by Gasteiger charge is -1.99. The van der Waals surface area contributed by atoms with Crippen molar-refractivity contribution in [3.05, 3.63) is 35.9 Å². The zero-order valence-electron chi connectivity index (χ0n) is 7.33. The highest BCUT2D eigenvalue weighted by atomic mass is 16.5. The summed E-state index contributed by atoms with van der Waals surface area (Å²) in [7, 11) is 0. The summed E-state index contributed by atoms with van der Waals surface area (Å²) < 4.78 is 12.0. The third kappa shape index (κ3) is 2.08. The molecule has 0 N–H and O–H groups in total. The molecule has 0 radical (unpaired) electrons. The maximum absolute atomic E-state index is 11.1. The van der Waals surface area contributed by atoms with Gasteiger partial charge in [0, 0.05) is 0 Å². The molecule has 0 spiro atoms. The van der Waals surface area contributed by atoms with E-state index in [1.54, 1.807) is 31.2 Å². The smallest absolute Gasteiger partial charge is 0.338 e. The van der Waals surface area contributed by atoms with E-state index in [2.05, 4.69) is 0 Å². The average molecular weight is 151 g/mol. The third-order valence-electron chi connectivity index (χ3n) is 1.23. The van der Waals surface area contributed by atoms with Crippen molar-refractivity contribution in [2.45, 2.75) is 6.92 Å². The maximum Gasteiger partial charge on any atom is 0.338 e. The maximum atomic E-state index is 11.1. The number of esters is 1. The van der Waals surface area contributed by atoms with E-state index in [1.165, 1.54) is 0 Å². The Labute approximate surface area is 67.2 Å². The van der Waals surface area contributed by atoms with Crippen molar-refractivity contribution < 1.29 is 10.9 Å². The van der Waals surface area contributed by atoms with E-state index < -0.39 is 0 Å². The van der Waals surface area contributed by atoms with Gasteiger partial charge in [0.05, 0.1) is 13.5 Å². The van der Waals surface area contributed by atoms with Crippen LogP contribution in [0.1, 0.15) is 18.7 Å². The van der Waals surface area contributed by atoms with Gasteiger partial charge in [-0.3, -0.25) is 0 Å². The predicted octanol–water partition coefficient (Wildman–Crippen LogP) is 1.86. The highest BCUT2D eigenvalue weighted by Crippen LogP contribution is 1.99. The predicted molar refractivity (Wildman–Crippen MR) is 42.4 cm³/mol. The molecule has 0 aliphatic carbocycles. The molecule has 2 nitrogen and oxygen atoms in total. The Balaban J connectivity index is 2.75. The van der Waals surface area contributed by atoms with Gasteiger partial charge >= 0.3 is 5.97 Å². The van der Waals surface area contributed by atoms with Gasteiger partial charge in [0.15, 0.2) is 0 Å². The van der Waals surface area contributed by atoms with Crippen LogP contribution in [0.2, 0.25) is 0 Å². The number of benzene rings is 1. The molecule has 58 valence electrons. The quantitative estimate of drug-likeness (QED) is 0.603. The summed E-state index contributed by atoms with van der Waals surface area (Å²) in [6.07, 6.45) is 0. The van der Waals surface area contributed by atoms with Crippen molar-refractivity contribution >= 4 is 5.97 Å². The van der Waals surface area contributed by atoms with Crippen LogP contribution in [-0.4, -0.2) is 12.6 Å². The van der Waals surface area contributed by atoms with Crippen molar-refractivity contribution in [3.63, 3.8) is 0 Å². The van der Waals surface area contributed by atoms with Gasteiger partial charge < -0.3 is 4.74 Å². The second kappa shape index (κ2) is 3.76. The molecule has 0 unspecified atom stereocenters. The van der Waals surface area contributed by atoms with Crippen molar-refractivity contribution in [2.75, 3.05) is 6.61 Å². The van der Waals surface area contributed by atoms with Crippen LogP contribution < -0.4 is 0 Å². The van der Waals surface area contributed by atoms with E-state index >= 15 is 0 Å². The fourth-order valence-corrected chi connectivity index (χ4v) is 0.737. The van der Waals surface area contributed by atoms with Crippen LogP contribution in [0.15, 0.2) is 30.3 Å². The molecule has 1 rings (SSSR count). The first-order valence-electron chi connectivity index (χ1n) is 3.98. The van der Waals surface area contributed by atoms with Crippen molar-refractivity contribution in [2.24, 2.45) is 0 Å². The fraction of sp³-hybridized carbons (Fsp3) is 0.222. The Hall–Kier alpha value is -1.31. The largest absolute Gasteiger partial charge is 0.462 e. The monoisotopic (exact) mass is 151 g/mol. The molecule has 2 heteroatoms. The van der Waals surface area contributed by atoms with Gasteiger partial charge in [-0.15, -0.1) is 0 Å². The zero-order valence-corrected chi connectivity index (χ0v) is 6.33. The number of carbonyl (C=O) groups is 1. The first-order chi connectivity index (χ1) is 5.74. The summed E-state index contributed by atoms with van der Waals surface area (Å²) in [6, 6.07) is 6.68. The molecule has 1 aromatic rings. The van der Waals surface area contributed by atoms with E-state index in [0.29, 0.717) is 18.2 Å². The van der Waals surface area contributed by atoms with Crippen LogP contribution >= 0.6 is 0 Å². The van der Waals surface area contributed by atoms with Gasteiger partial charge in [-0.2, -0.15) is 0 Å². The lowest BCUT2D eigenvalue weighted by Crippen LogP contribution is -2.03. The Morgan fingerprint density at radius 3 is 2.82 bits per heavy atom. The molecule has 0 bridgehead atoms. The van der Waals surface area contributed by atoms with Crippen LogP contribution in [0, 0.1) is 0 Å². The molecule has 11 heavy (non-hydrogen) atoms. The van der Waals surface area contributed by atoms with Crippen LogP contribution in [0.5, 0.6) is 0 Å². The first-order valence-corrected chi connectivity index (χ1v) is 3.48. The summed E-state index contributed by atoms with van der Waals surface area (Å²) in [5, 5.41) is 0. The first kappa shape index (κ1) is 6.40. The molecular formula is C9H10O2. The van der Waals surface area contributed by atoms with Gasteiger partial charge in [0.2, 0.25) is 0 Å². The molecule has 0 aromatic heterocycles. The van der Waals surface area contributed by atoms with Crippen molar-refractivity contribution in [1.29, 1.82) is 0 Å². The minimum atomic E-state index is -0.336. The summed E-state index contributed by atoms with van der Waals surface area (Å²) in [5.41, 5.74) is 0.493. The number of carbonyl (C=O) groups excluding carboxylic acids is 1. The number of hydrogen-bond acceptors (Lipinski definition) is 2. The second-order valence-electron chi connectivity index (χ2n) is 2.01. The van der Waals surface area contributed by atoms with E-state index in [1.807, 2.05) is 0 Å². The second-order valence-corrected chi connectivity index (χ2v) is 2.01. The van der Waals surface area contributed by atoms with Gasteiger partial charge in [-0.25, -0.2) is 4.79 Å². The molecule has 0 atom stereocenters. The Morgan fingerprint density at radius 1 is 1.64 bits per heavy atom. The topological polar surface area (TPSA) is 26.3 Å². The van der Waals surface area contributed by atoms with E-state index in [0.717, 1.165) is 0 Å². The van der Waals surface area contributed by atoms with Crippen LogP contribution in [0.3, 0.4) is 0 Å². The molecule has 1 aromatic carbocycles. The molecule has 0 saturated carbocycles. The molecule has 0 heterocycles.